The van der Waals surface area contributed by atoms with Crippen molar-refractivity contribution in [3.8, 4) is 11.5 Å². The molecule has 0 fully saturated rings. The normalized spacial score (nSPS) is 13.7. The summed E-state index contributed by atoms with van der Waals surface area (Å²) in [5, 5.41) is 14.0. The van der Waals surface area contributed by atoms with E-state index >= 15 is 0 Å². The van der Waals surface area contributed by atoms with Gasteiger partial charge < -0.3 is 9.84 Å². The molecular formula is C29H18O4. The molecule has 0 spiro atoms. The Morgan fingerprint density at radius 3 is 2.64 bits per heavy atom. The molecule has 0 unspecified atom stereocenters. The lowest BCUT2D eigenvalue weighted by Gasteiger charge is -2.25. The van der Waals surface area contributed by atoms with Gasteiger partial charge in [0.15, 0.2) is 5.78 Å². The van der Waals surface area contributed by atoms with Gasteiger partial charge in [-0.2, -0.15) is 0 Å². The third-order valence-electron chi connectivity index (χ3n) is 6.44. The molecule has 0 heterocycles. The molecule has 33 heavy (non-hydrogen) atoms. The lowest BCUT2D eigenvalue weighted by atomic mass is 9.79. The van der Waals surface area contributed by atoms with Gasteiger partial charge in [-0.3, -0.25) is 9.59 Å². The number of allylic oxidation sites excluding steroid dienone is 1. The maximum absolute atomic E-state index is 12.0. The number of hydrogen-bond acceptors (Lipinski definition) is 4. The Morgan fingerprint density at radius 2 is 1.76 bits per heavy atom. The molecule has 4 aromatic carbocycles. The van der Waals surface area contributed by atoms with Crippen LogP contribution in [-0.2, 0) is 16.0 Å². The molecule has 4 aromatic rings. The highest BCUT2D eigenvalue weighted by atomic mass is 16.5. The number of ether oxygens (including phenoxy) is 1. The number of para-hydroxylation sites is 1. The molecule has 0 bridgehead atoms. The monoisotopic (exact) mass is 430 g/mol. The van der Waals surface area contributed by atoms with E-state index in [1.54, 1.807) is 30.4 Å². The van der Waals surface area contributed by atoms with Crippen LogP contribution < -0.4 is 15.2 Å². The summed E-state index contributed by atoms with van der Waals surface area (Å²) in [7, 11) is 0. The molecule has 158 valence electrons. The van der Waals surface area contributed by atoms with E-state index < -0.39 is 0 Å². The fourth-order valence-corrected chi connectivity index (χ4v) is 5.04. The second-order valence-electron chi connectivity index (χ2n) is 8.23. The number of carbonyl (C=O) groups is 2. The zero-order valence-corrected chi connectivity index (χ0v) is 17.5. The molecule has 0 atom stereocenters. The summed E-state index contributed by atoms with van der Waals surface area (Å²) in [4.78, 5) is 23.2. The first-order chi connectivity index (χ1) is 16.1. The van der Waals surface area contributed by atoms with Crippen molar-refractivity contribution in [2.24, 2.45) is 0 Å². The average Bonchev–Trinajstić information content (AvgIpc) is 2.82. The molecule has 0 amide bonds. The molecular weight excluding hydrogens is 412 g/mol. The smallest absolute Gasteiger partial charge is 0.298 e. The molecule has 0 saturated carbocycles. The standard InChI is InChI=1S/C29H18O4/c30-16-33-28-4-2-1-3-25(28)29-23-9-5-17-13-19(31)7-11-21(17)26(23)15-27-22-12-8-20(32)14-18(22)6-10-24(27)29/h1-14,16,31H,15H2. The lowest BCUT2D eigenvalue weighted by molar-refractivity contribution is -0.120. The predicted molar refractivity (Wildman–Crippen MR) is 127 cm³/mol. The number of carbonyl (C=O) groups excluding carboxylic acids is 2. The lowest BCUT2D eigenvalue weighted by Crippen LogP contribution is -2.28. The summed E-state index contributed by atoms with van der Waals surface area (Å²) in [6.07, 6.45) is 5.84. The van der Waals surface area contributed by atoms with E-state index in [1.165, 1.54) is 0 Å². The summed E-state index contributed by atoms with van der Waals surface area (Å²) in [5.74, 6) is 0.691. The number of phenols is 1. The third-order valence-corrected chi connectivity index (χ3v) is 6.44. The van der Waals surface area contributed by atoms with Crippen molar-refractivity contribution in [2.75, 3.05) is 0 Å². The molecule has 2 aliphatic carbocycles. The minimum absolute atomic E-state index is 0.0199. The Hall–Kier alpha value is -4.44. The number of rotatable bonds is 3. The van der Waals surface area contributed by atoms with Crippen LogP contribution in [0.25, 0.3) is 28.5 Å². The molecule has 0 aliphatic heterocycles. The maximum atomic E-state index is 12.0. The summed E-state index contributed by atoms with van der Waals surface area (Å²) in [5.41, 5.74) is 6.14. The first-order valence-corrected chi connectivity index (χ1v) is 10.7. The van der Waals surface area contributed by atoms with Crippen molar-refractivity contribution in [3.63, 3.8) is 0 Å². The summed E-state index contributed by atoms with van der Waals surface area (Å²) in [6.45, 7) is 0.448. The van der Waals surface area contributed by atoms with Gasteiger partial charge in [0, 0.05) is 11.1 Å². The van der Waals surface area contributed by atoms with Crippen LogP contribution in [0.5, 0.6) is 11.5 Å². The van der Waals surface area contributed by atoms with Gasteiger partial charge in [0.1, 0.15) is 11.5 Å². The van der Waals surface area contributed by atoms with E-state index in [0.29, 0.717) is 18.6 Å². The molecule has 2 aliphatic rings. The van der Waals surface area contributed by atoms with Crippen molar-refractivity contribution in [1.82, 2.24) is 0 Å². The molecule has 6 rings (SSSR count). The van der Waals surface area contributed by atoms with Crippen molar-refractivity contribution in [1.29, 1.82) is 0 Å². The Balaban J connectivity index is 1.78. The van der Waals surface area contributed by atoms with E-state index in [4.69, 9.17) is 4.74 Å². The van der Waals surface area contributed by atoms with E-state index in [9.17, 15) is 14.7 Å². The van der Waals surface area contributed by atoms with Crippen LogP contribution in [0.2, 0.25) is 0 Å². The van der Waals surface area contributed by atoms with Crippen LogP contribution in [-0.4, -0.2) is 17.4 Å². The minimum Gasteiger partial charge on any atom is -0.508 e. The van der Waals surface area contributed by atoms with Crippen LogP contribution in [0.15, 0.2) is 72.8 Å². The summed E-state index contributed by atoms with van der Waals surface area (Å²) < 4.78 is 5.35. The van der Waals surface area contributed by atoms with Crippen LogP contribution >= 0.6 is 0 Å². The Morgan fingerprint density at radius 1 is 0.879 bits per heavy atom. The number of ketones is 1. The molecule has 1 N–H and O–H groups in total. The molecule has 0 aromatic heterocycles. The molecule has 0 radical (unpaired) electrons. The quantitative estimate of drug-likeness (QED) is 0.444. The van der Waals surface area contributed by atoms with Gasteiger partial charge in [-0.05, 0) is 80.2 Å². The largest absolute Gasteiger partial charge is 0.508 e. The predicted octanol–water partition coefficient (Wildman–Crippen LogP) is 3.61. The van der Waals surface area contributed by atoms with Crippen molar-refractivity contribution < 1.29 is 19.4 Å². The SMILES string of the molecule is O=COc1ccccc1C1=c2ccc3c(c2Cc2c1ccc1cc(O)ccc21)C=CC(=O)C=3. The van der Waals surface area contributed by atoms with E-state index in [0.717, 1.165) is 54.6 Å². The number of aromatic hydroxyl groups is 1. The zero-order valence-electron chi connectivity index (χ0n) is 17.5. The zero-order chi connectivity index (χ0) is 22.5. The van der Waals surface area contributed by atoms with Gasteiger partial charge in [0.05, 0.1) is 0 Å². The van der Waals surface area contributed by atoms with E-state index in [1.807, 2.05) is 48.5 Å². The van der Waals surface area contributed by atoms with Gasteiger partial charge in [0.25, 0.3) is 6.47 Å². The molecule has 0 saturated heterocycles. The van der Waals surface area contributed by atoms with Crippen LogP contribution in [0.4, 0.5) is 0 Å². The summed E-state index contributed by atoms with van der Waals surface area (Å²) >= 11 is 0. The average molecular weight is 430 g/mol. The van der Waals surface area contributed by atoms with Gasteiger partial charge in [-0.15, -0.1) is 0 Å². The first kappa shape index (κ1) is 19.3. The highest BCUT2D eigenvalue weighted by Crippen LogP contribution is 2.38. The highest BCUT2D eigenvalue weighted by Gasteiger charge is 2.24. The van der Waals surface area contributed by atoms with E-state index in [-0.39, 0.29) is 11.5 Å². The summed E-state index contributed by atoms with van der Waals surface area (Å²) in [6, 6.07) is 21.0. The number of phenolic OH excluding ortho intramolecular Hbond substituents is 1. The van der Waals surface area contributed by atoms with Crippen LogP contribution in [0.1, 0.15) is 27.8 Å². The van der Waals surface area contributed by atoms with Gasteiger partial charge in [-0.25, -0.2) is 0 Å². The van der Waals surface area contributed by atoms with Gasteiger partial charge in [0.2, 0.25) is 0 Å². The first-order valence-electron chi connectivity index (χ1n) is 10.7. The Labute approximate surface area is 189 Å². The van der Waals surface area contributed by atoms with Crippen LogP contribution in [0.3, 0.4) is 0 Å². The fourth-order valence-electron chi connectivity index (χ4n) is 5.04. The minimum atomic E-state index is -0.0199. The van der Waals surface area contributed by atoms with Crippen molar-refractivity contribution in [2.45, 2.75) is 6.42 Å². The van der Waals surface area contributed by atoms with E-state index in [2.05, 4.69) is 6.07 Å². The second kappa shape index (κ2) is 7.31. The number of benzene rings is 4. The maximum Gasteiger partial charge on any atom is 0.298 e. The highest BCUT2D eigenvalue weighted by molar-refractivity contribution is 6.17. The van der Waals surface area contributed by atoms with Gasteiger partial charge in [-0.1, -0.05) is 54.6 Å². The number of fused-ring (bicyclic) bond motifs is 6. The Kier molecular flexibility index (Phi) is 4.27. The molecule has 4 nitrogen and oxygen atoms in total. The third kappa shape index (κ3) is 2.99. The topological polar surface area (TPSA) is 63.6 Å². The fraction of sp³-hybridized carbons (Fsp3) is 0.0345. The number of hydrogen-bond donors (Lipinski definition) is 1. The van der Waals surface area contributed by atoms with Gasteiger partial charge >= 0.3 is 0 Å². The van der Waals surface area contributed by atoms with Crippen molar-refractivity contribution >= 4 is 40.8 Å². The Bertz CT molecular complexity index is 1660. The molecule has 4 heteroatoms. The van der Waals surface area contributed by atoms with Crippen molar-refractivity contribution in [3.05, 3.63) is 111 Å². The second-order valence-corrected chi connectivity index (χ2v) is 8.23. The van der Waals surface area contributed by atoms with Crippen LogP contribution in [0, 0.1) is 0 Å².